The van der Waals surface area contributed by atoms with E-state index in [1.807, 2.05) is 26.8 Å². The summed E-state index contributed by atoms with van der Waals surface area (Å²) in [6.07, 6.45) is 6.28. The van der Waals surface area contributed by atoms with Gasteiger partial charge in [0.1, 0.15) is 16.9 Å². The predicted octanol–water partition coefficient (Wildman–Crippen LogP) is 3.57. The number of allylic oxidation sites excluding steroid dienone is 2. The van der Waals surface area contributed by atoms with Crippen LogP contribution < -0.4 is 11.0 Å². The van der Waals surface area contributed by atoms with Crippen LogP contribution in [0.1, 0.15) is 43.1 Å². The van der Waals surface area contributed by atoms with Gasteiger partial charge in [0, 0.05) is 12.7 Å². The number of pyridine rings is 2. The molecule has 1 fully saturated rings. The SMILES string of the molecule is C=C/C=C1/OCO/C1=C/CC(=O)N=c1c(C(=O)OCC)cc2c(=O)n3cccc(C)c3nc2n1CC(C)C. The lowest BCUT2D eigenvalue weighted by Crippen LogP contribution is -2.33. The molecule has 0 saturated carbocycles. The third-order valence-corrected chi connectivity index (χ3v) is 5.78. The lowest BCUT2D eigenvalue weighted by atomic mass is 10.1. The van der Waals surface area contributed by atoms with E-state index in [-0.39, 0.29) is 47.7 Å². The minimum atomic E-state index is -0.686. The van der Waals surface area contributed by atoms with Gasteiger partial charge < -0.3 is 18.8 Å². The third-order valence-electron chi connectivity index (χ3n) is 5.78. The van der Waals surface area contributed by atoms with Crippen molar-refractivity contribution >= 4 is 28.6 Å². The number of esters is 1. The van der Waals surface area contributed by atoms with Gasteiger partial charge >= 0.3 is 5.97 Å². The topological polar surface area (TPSA) is 113 Å². The molecule has 1 aliphatic rings. The maximum Gasteiger partial charge on any atom is 0.341 e. The van der Waals surface area contributed by atoms with Gasteiger partial charge in [0.2, 0.25) is 6.79 Å². The zero-order valence-electron chi connectivity index (χ0n) is 21.9. The first kappa shape index (κ1) is 26.6. The summed E-state index contributed by atoms with van der Waals surface area (Å²) < 4.78 is 19.1. The summed E-state index contributed by atoms with van der Waals surface area (Å²) >= 11 is 0. The molecular weight excluding hydrogens is 488 g/mol. The lowest BCUT2D eigenvalue weighted by molar-refractivity contribution is -0.117. The average Bonchev–Trinajstić information content (AvgIpc) is 3.32. The van der Waals surface area contributed by atoms with E-state index in [2.05, 4.69) is 11.6 Å². The van der Waals surface area contributed by atoms with Crippen LogP contribution in [0.5, 0.6) is 0 Å². The fourth-order valence-electron chi connectivity index (χ4n) is 4.14. The molecule has 0 unspecified atom stereocenters. The largest absolute Gasteiger partial charge is 0.462 e. The molecule has 0 aromatic carbocycles. The number of carbonyl (C=O) groups is 2. The highest BCUT2D eigenvalue weighted by molar-refractivity contribution is 5.94. The number of amides is 1. The molecule has 0 radical (unpaired) electrons. The molecule has 3 aromatic rings. The molecule has 4 heterocycles. The molecule has 1 saturated heterocycles. The van der Waals surface area contributed by atoms with Crippen molar-refractivity contribution < 1.29 is 23.8 Å². The Hall–Kier alpha value is -4.47. The number of rotatable bonds is 7. The second kappa shape index (κ2) is 11.3. The highest BCUT2D eigenvalue weighted by Crippen LogP contribution is 2.21. The van der Waals surface area contributed by atoms with Crippen molar-refractivity contribution in [3.05, 3.63) is 87.7 Å². The fourth-order valence-corrected chi connectivity index (χ4v) is 4.14. The van der Waals surface area contributed by atoms with Crippen molar-refractivity contribution in [3.63, 3.8) is 0 Å². The Labute approximate surface area is 219 Å². The first-order chi connectivity index (χ1) is 18.2. The molecule has 0 bridgehead atoms. The Kier molecular flexibility index (Phi) is 7.90. The molecule has 38 heavy (non-hydrogen) atoms. The van der Waals surface area contributed by atoms with Gasteiger partial charge in [-0.3, -0.25) is 14.0 Å². The summed E-state index contributed by atoms with van der Waals surface area (Å²) in [4.78, 5) is 48.7. The normalized spacial score (nSPS) is 15.9. The Morgan fingerprint density at radius 2 is 2.03 bits per heavy atom. The minimum Gasteiger partial charge on any atom is -0.462 e. The van der Waals surface area contributed by atoms with E-state index >= 15 is 0 Å². The van der Waals surface area contributed by atoms with Gasteiger partial charge in [-0.2, -0.15) is 4.99 Å². The lowest BCUT2D eigenvalue weighted by Gasteiger charge is -2.17. The van der Waals surface area contributed by atoms with Crippen LogP contribution in [0.4, 0.5) is 0 Å². The van der Waals surface area contributed by atoms with Gasteiger partial charge in [-0.25, -0.2) is 9.78 Å². The summed E-state index contributed by atoms with van der Waals surface area (Å²) in [5, 5.41) is 0.223. The van der Waals surface area contributed by atoms with Crippen molar-refractivity contribution in [3.8, 4) is 0 Å². The zero-order chi connectivity index (χ0) is 27.4. The maximum absolute atomic E-state index is 13.5. The van der Waals surface area contributed by atoms with Crippen LogP contribution in [0.15, 0.2) is 70.5 Å². The number of nitrogens with zero attached hydrogens (tertiary/aromatic N) is 4. The zero-order valence-corrected chi connectivity index (χ0v) is 21.9. The van der Waals surface area contributed by atoms with Gasteiger partial charge in [0.25, 0.3) is 11.5 Å². The molecule has 10 heteroatoms. The predicted molar refractivity (Wildman–Crippen MR) is 141 cm³/mol. The standard InChI is InChI=1S/C28H30N4O6/c1-6-9-21-22(38-16-37-21)11-12-23(33)29-26-20(28(35)36-7-2)14-19-25(32(26)15-17(3)4)30-24-18(5)10-8-13-31(24)27(19)34/h6,8-11,13-14,17H,1,7,12,15-16H2,2-5H3/b21-9+,22-11+,29-26?. The number of fused-ring (bicyclic) bond motifs is 2. The van der Waals surface area contributed by atoms with E-state index in [1.54, 1.807) is 42.0 Å². The molecule has 0 aliphatic carbocycles. The molecule has 4 rings (SSSR count). The van der Waals surface area contributed by atoms with Crippen molar-refractivity contribution in [1.29, 1.82) is 0 Å². The second-order valence-electron chi connectivity index (χ2n) is 9.10. The van der Waals surface area contributed by atoms with Crippen LogP contribution in [-0.4, -0.2) is 39.2 Å². The van der Waals surface area contributed by atoms with Crippen LogP contribution in [0, 0.1) is 12.8 Å². The van der Waals surface area contributed by atoms with Crippen molar-refractivity contribution in [2.24, 2.45) is 10.9 Å². The van der Waals surface area contributed by atoms with E-state index < -0.39 is 11.9 Å². The molecule has 198 valence electrons. The smallest absolute Gasteiger partial charge is 0.341 e. The molecule has 1 aliphatic heterocycles. The molecular formula is C28H30N4O6. The molecule has 0 N–H and O–H groups in total. The quantitative estimate of drug-likeness (QED) is 0.347. The number of carbonyl (C=O) groups excluding carboxylic acids is 2. The number of aryl methyl sites for hydroxylation is 1. The van der Waals surface area contributed by atoms with Crippen molar-refractivity contribution in [2.75, 3.05) is 13.4 Å². The molecule has 10 nitrogen and oxygen atoms in total. The molecule has 0 spiro atoms. The van der Waals surface area contributed by atoms with Crippen molar-refractivity contribution in [1.82, 2.24) is 14.0 Å². The van der Waals surface area contributed by atoms with Crippen LogP contribution in [-0.2, 0) is 25.5 Å². The van der Waals surface area contributed by atoms with Crippen molar-refractivity contribution in [2.45, 2.75) is 40.7 Å². The Morgan fingerprint density at radius 3 is 2.74 bits per heavy atom. The van der Waals surface area contributed by atoms with Gasteiger partial charge in [0.15, 0.2) is 17.0 Å². The van der Waals surface area contributed by atoms with Gasteiger partial charge in [-0.05, 0) is 49.6 Å². The van der Waals surface area contributed by atoms with E-state index in [9.17, 15) is 14.4 Å². The highest BCUT2D eigenvalue weighted by Gasteiger charge is 2.21. The summed E-state index contributed by atoms with van der Waals surface area (Å²) in [7, 11) is 0. The summed E-state index contributed by atoms with van der Waals surface area (Å²) in [6, 6.07) is 5.04. The van der Waals surface area contributed by atoms with E-state index in [0.717, 1.165) is 5.56 Å². The number of ether oxygens (including phenoxy) is 3. The Bertz CT molecular complexity index is 1620. The number of hydrogen-bond donors (Lipinski definition) is 0. The fraction of sp³-hybridized carbons (Fsp3) is 0.321. The average molecular weight is 519 g/mol. The summed E-state index contributed by atoms with van der Waals surface area (Å²) in [5.74, 6) is -0.257. The van der Waals surface area contributed by atoms with Crippen LogP contribution in [0.2, 0.25) is 0 Å². The van der Waals surface area contributed by atoms with Crippen LogP contribution in [0.3, 0.4) is 0 Å². The molecule has 3 aromatic heterocycles. The number of aromatic nitrogens is 3. The Balaban J connectivity index is 1.98. The maximum atomic E-state index is 13.5. The van der Waals surface area contributed by atoms with Crippen LogP contribution >= 0.6 is 0 Å². The van der Waals surface area contributed by atoms with E-state index in [0.29, 0.717) is 29.4 Å². The molecule has 1 amide bonds. The van der Waals surface area contributed by atoms with E-state index in [1.165, 1.54) is 10.5 Å². The second-order valence-corrected chi connectivity index (χ2v) is 9.10. The van der Waals surface area contributed by atoms with E-state index in [4.69, 9.17) is 19.2 Å². The van der Waals surface area contributed by atoms with Gasteiger partial charge in [-0.1, -0.05) is 32.6 Å². The highest BCUT2D eigenvalue weighted by atomic mass is 16.7. The minimum absolute atomic E-state index is 0.0141. The number of hydrogen-bond acceptors (Lipinski definition) is 7. The first-order valence-corrected chi connectivity index (χ1v) is 12.3. The van der Waals surface area contributed by atoms with Gasteiger partial charge in [0.05, 0.1) is 18.4 Å². The Morgan fingerprint density at radius 1 is 1.26 bits per heavy atom. The monoisotopic (exact) mass is 518 g/mol. The summed E-state index contributed by atoms with van der Waals surface area (Å²) in [5.41, 5.74) is 1.39. The molecule has 0 atom stereocenters. The summed E-state index contributed by atoms with van der Waals surface area (Å²) in [6.45, 7) is 11.7. The van der Waals surface area contributed by atoms with Crippen LogP contribution in [0.25, 0.3) is 16.7 Å². The third kappa shape index (κ3) is 5.29. The van der Waals surface area contributed by atoms with Gasteiger partial charge in [-0.15, -0.1) is 0 Å². The first-order valence-electron chi connectivity index (χ1n) is 12.3.